The molecule has 0 fully saturated rings. The summed E-state index contributed by atoms with van der Waals surface area (Å²) in [4.78, 5) is 15.5. The van der Waals surface area contributed by atoms with Gasteiger partial charge in [-0.15, -0.1) is 10.2 Å². The van der Waals surface area contributed by atoms with Gasteiger partial charge in [0.1, 0.15) is 18.8 Å². The summed E-state index contributed by atoms with van der Waals surface area (Å²) < 4.78 is 41.5. The second-order valence-electron chi connectivity index (χ2n) is 7.80. The van der Waals surface area contributed by atoms with Gasteiger partial charge in [0.2, 0.25) is 5.71 Å². The van der Waals surface area contributed by atoms with E-state index in [0.29, 0.717) is 6.42 Å². The zero-order chi connectivity index (χ0) is 21.9. The Morgan fingerprint density at radius 2 is 1.93 bits per heavy atom. The van der Waals surface area contributed by atoms with Crippen LogP contribution in [0.15, 0.2) is 24.3 Å². The van der Waals surface area contributed by atoms with Crippen molar-refractivity contribution in [1.82, 2.24) is 4.98 Å². The number of hydrogen-bond acceptors (Lipinski definition) is 6. The summed E-state index contributed by atoms with van der Waals surface area (Å²) in [6.07, 6.45) is 5.88. The van der Waals surface area contributed by atoms with Gasteiger partial charge in [-0.25, -0.2) is 23.2 Å². The van der Waals surface area contributed by atoms with E-state index in [4.69, 9.17) is 23.4 Å². The Kier molecular flexibility index (Phi) is 6.84. The lowest BCUT2D eigenvalue weighted by Gasteiger charge is -2.37. The fourth-order valence-corrected chi connectivity index (χ4v) is 4.94. The number of rotatable bonds is 4. The van der Waals surface area contributed by atoms with Crippen molar-refractivity contribution in [3.05, 3.63) is 35.5 Å². The maximum Gasteiger partial charge on any atom is 0.305 e. The van der Waals surface area contributed by atoms with Gasteiger partial charge in [-0.05, 0) is 30.9 Å². The molecule has 0 amide bonds. The van der Waals surface area contributed by atoms with Crippen LogP contribution in [0, 0.1) is 15.7 Å². The Morgan fingerprint density at radius 3 is 2.60 bits per heavy atom. The molecule has 0 bridgehead atoms. The minimum Gasteiger partial charge on any atom is -0.469 e. The smallest absolute Gasteiger partial charge is 0.305 e. The van der Waals surface area contributed by atoms with Crippen LogP contribution in [-0.2, 0) is 16.0 Å². The van der Waals surface area contributed by atoms with Crippen molar-refractivity contribution in [2.24, 2.45) is 5.41 Å². The number of hydrogen-bond donors (Lipinski definition) is 1. The second kappa shape index (κ2) is 9.03. The van der Waals surface area contributed by atoms with E-state index < -0.39 is 10.2 Å². The fourth-order valence-electron chi connectivity index (χ4n) is 4.94. The number of halogens is 1. The molecule has 2 aliphatic heterocycles. The van der Waals surface area contributed by atoms with Crippen LogP contribution in [0.4, 0.5) is 0 Å². The van der Waals surface area contributed by atoms with Gasteiger partial charge in [0, 0.05) is 30.2 Å². The number of esters is 1. The molecule has 0 radical (unpaired) electrons. The molecule has 8 nitrogen and oxygen atoms in total. The summed E-state index contributed by atoms with van der Waals surface area (Å²) >= 11 is 0. The summed E-state index contributed by atoms with van der Waals surface area (Å²) in [5.74, 6) is -0.0989. The lowest BCUT2D eigenvalue weighted by atomic mass is 9.68. The van der Waals surface area contributed by atoms with Crippen molar-refractivity contribution in [2.45, 2.75) is 45.4 Å². The first-order valence-electron chi connectivity index (χ1n) is 10.1. The van der Waals surface area contributed by atoms with Crippen LogP contribution < -0.4 is 18.6 Å². The number of ether oxygens (including phenoxy) is 1. The van der Waals surface area contributed by atoms with Crippen LogP contribution in [0.3, 0.4) is 0 Å². The molecule has 2 aromatic rings. The summed E-state index contributed by atoms with van der Waals surface area (Å²) in [6.45, 7) is 4.49. The van der Waals surface area contributed by atoms with Crippen molar-refractivity contribution in [3.8, 4) is 0 Å². The van der Waals surface area contributed by atoms with E-state index in [1.807, 2.05) is 0 Å². The maximum atomic E-state index is 11.8. The minimum atomic E-state index is -4.94. The largest absolute Gasteiger partial charge is 0.469 e. The number of benzene rings is 1. The summed E-state index contributed by atoms with van der Waals surface area (Å²) in [5.41, 5.74) is 5.52. The normalized spacial score (nSPS) is 20.9. The first kappa shape index (κ1) is 22.7. The number of carbonyl (C=O) groups excluding carboxylic acids is 1. The van der Waals surface area contributed by atoms with Crippen molar-refractivity contribution in [3.63, 3.8) is 0 Å². The topological polar surface area (TPSA) is 137 Å². The van der Waals surface area contributed by atoms with Crippen molar-refractivity contribution in [2.75, 3.05) is 20.2 Å². The second-order valence-corrected chi connectivity index (χ2v) is 8.56. The van der Waals surface area contributed by atoms with E-state index in [1.54, 1.807) is 0 Å². The molecule has 1 aromatic heterocycles. The van der Waals surface area contributed by atoms with E-state index in [9.17, 15) is 4.79 Å². The number of aromatic amines is 1. The summed E-state index contributed by atoms with van der Waals surface area (Å²) in [5, 5.41) is 1.35. The number of para-hydroxylation sites is 1. The van der Waals surface area contributed by atoms with Crippen LogP contribution in [0.1, 0.15) is 50.3 Å². The maximum absolute atomic E-state index is 11.8. The summed E-state index contributed by atoms with van der Waals surface area (Å²) in [6, 6.07) is 8.62. The third kappa shape index (κ3) is 4.84. The van der Waals surface area contributed by atoms with Crippen LogP contribution in [0.5, 0.6) is 0 Å². The predicted octanol–water partition coefficient (Wildman–Crippen LogP) is -1.09. The summed E-state index contributed by atoms with van der Waals surface area (Å²) in [7, 11) is -3.46. The molecule has 2 aliphatic rings. The Bertz CT molecular complexity index is 943. The molecule has 1 N–H and O–H groups in total. The molecule has 0 aliphatic carbocycles. The van der Waals surface area contributed by atoms with Crippen LogP contribution in [0.2, 0.25) is 0 Å². The van der Waals surface area contributed by atoms with Gasteiger partial charge in [0.15, 0.2) is 0 Å². The highest BCUT2D eigenvalue weighted by atomic mass is 35.7. The molecule has 0 saturated heterocycles. The lowest BCUT2D eigenvalue weighted by molar-refractivity contribution is -2.00. The highest BCUT2D eigenvalue weighted by Gasteiger charge is 2.47. The molecule has 4 rings (SSSR count). The van der Waals surface area contributed by atoms with Gasteiger partial charge < -0.3 is 9.72 Å². The van der Waals surface area contributed by atoms with Gasteiger partial charge in [0.05, 0.1) is 12.5 Å². The quantitative estimate of drug-likeness (QED) is 0.475. The number of carbonyl (C=O) groups is 1. The number of H-pyrrole nitrogens is 1. The molecule has 0 saturated carbocycles. The van der Waals surface area contributed by atoms with Gasteiger partial charge in [-0.1, -0.05) is 25.1 Å². The predicted molar refractivity (Wildman–Crippen MR) is 99.3 cm³/mol. The van der Waals surface area contributed by atoms with Gasteiger partial charge >= 0.3 is 5.97 Å². The van der Waals surface area contributed by atoms with Crippen LogP contribution in [0.25, 0.3) is 10.9 Å². The highest BCUT2D eigenvalue weighted by molar-refractivity contribution is 6.06. The average Bonchev–Trinajstić information content (AvgIpc) is 3.09. The average molecular weight is 439 g/mol. The number of fused-ring (bicyclic) bond motifs is 4. The van der Waals surface area contributed by atoms with Crippen molar-refractivity contribution in [1.29, 1.82) is 0 Å². The number of nitrogens with zero attached hydrogens (tertiary/aromatic N) is 1. The first-order valence-corrected chi connectivity index (χ1v) is 11.3. The Labute approximate surface area is 177 Å². The fraction of sp³-hybridized carbons (Fsp3) is 0.524. The molecular formula is C21H27ClN2O6. The SMILES string of the molecule is CCC1(CCC(=O)OC)CCC[N+]2=C1c1[nH]c3ccccc3c1CC2.[O-][Cl+3]([O-])([O-])[O-]. The van der Waals surface area contributed by atoms with E-state index >= 15 is 0 Å². The zero-order valence-electron chi connectivity index (χ0n) is 17.2. The molecule has 164 valence electrons. The minimum absolute atomic E-state index is 0.0719. The molecule has 1 atom stereocenters. The van der Waals surface area contributed by atoms with Crippen molar-refractivity contribution >= 4 is 22.6 Å². The lowest BCUT2D eigenvalue weighted by Crippen LogP contribution is -2.68. The molecule has 0 spiro atoms. The highest BCUT2D eigenvalue weighted by Crippen LogP contribution is 2.43. The van der Waals surface area contributed by atoms with Gasteiger partial charge in [-0.3, -0.25) is 4.79 Å². The molecule has 1 aromatic carbocycles. The molecule has 3 heterocycles. The van der Waals surface area contributed by atoms with Crippen LogP contribution in [-0.4, -0.2) is 41.4 Å². The Hall–Kier alpha value is -1.97. The third-order valence-electron chi connectivity index (χ3n) is 6.30. The van der Waals surface area contributed by atoms with E-state index in [0.717, 1.165) is 38.8 Å². The zero-order valence-corrected chi connectivity index (χ0v) is 18.0. The third-order valence-corrected chi connectivity index (χ3v) is 6.30. The standard InChI is InChI=1S/C21H26N2O2.ClHO4/c1-3-21(12-9-18(24)25-2)11-6-13-23-14-10-16-15-7-4-5-8-17(15)22-19(16)20(21)23;2-1(3,4)5/h4-5,7-8H,3,6,9-14H2,1-2H3;(H,2,3,4,5). The first-order chi connectivity index (χ1) is 14.2. The Morgan fingerprint density at radius 1 is 1.23 bits per heavy atom. The van der Waals surface area contributed by atoms with Crippen molar-refractivity contribution < 1.29 is 43.0 Å². The van der Waals surface area contributed by atoms with Gasteiger partial charge in [-0.2, -0.15) is 0 Å². The number of nitrogens with one attached hydrogen (secondary N) is 1. The Balaban J connectivity index is 0.000000461. The van der Waals surface area contributed by atoms with Crippen LogP contribution >= 0.6 is 0 Å². The monoisotopic (exact) mass is 438 g/mol. The molecule has 1 unspecified atom stereocenters. The van der Waals surface area contributed by atoms with E-state index in [-0.39, 0.29) is 11.4 Å². The molecular weight excluding hydrogens is 412 g/mol. The van der Waals surface area contributed by atoms with Gasteiger partial charge in [0.25, 0.3) is 0 Å². The van der Waals surface area contributed by atoms with E-state index in [1.165, 1.54) is 41.4 Å². The van der Waals surface area contributed by atoms with E-state index in [2.05, 4.69) is 40.7 Å². The molecule has 30 heavy (non-hydrogen) atoms. The number of aromatic nitrogens is 1. The molecule has 9 heteroatoms. The number of methoxy groups -OCH3 is 1.